The summed E-state index contributed by atoms with van der Waals surface area (Å²) >= 11 is 12.5. The zero-order chi connectivity index (χ0) is 18.8. The van der Waals surface area contributed by atoms with Gasteiger partial charge in [-0.15, -0.1) is 0 Å². The molecule has 0 amide bonds. The molecule has 0 aliphatic heterocycles. The molecule has 0 spiro atoms. The number of aryl methyl sites for hydroxylation is 1. The maximum atomic E-state index is 13.5. The Labute approximate surface area is 161 Å². The normalized spacial score (nSPS) is 11.5. The van der Waals surface area contributed by atoms with Gasteiger partial charge in [-0.25, -0.2) is 4.39 Å². The number of allylic oxidation sites excluding steroid dienone is 1. The van der Waals surface area contributed by atoms with Crippen molar-refractivity contribution in [3.05, 3.63) is 86.9 Å². The van der Waals surface area contributed by atoms with Gasteiger partial charge in [-0.05, 0) is 67.4 Å². The zero-order valence-corrected chi connectivity index (χ0v) is 15.7. The van der Waals surface area contributed by atoms with Crippen LogP contribution in [0, 0.1) is 31.0 Å². The van der Waals surface area contributed by atoms with Gasteiger partial charge in [-0.2, -0.15) is 5.26 Å². The molecule has 2 aromatic carbocycles. The third-order valence-electron chi connectivity index (χ3n) is 4.18. The second-order valence-corrected chi connectivity index (χ2v) is 6.78. The lowest BCUT2D eigenvalue weighted by molar-refractivity contribution is 0.627. The maximum absolute atomic E-state index is 13.5. The number of hydrogen-bond donors (Lipinski definition) is 0. The van der Waals surface area contributed by atoms with Crippen LogP contribution in [0.15, 0.2) is 48.5 Å². The molecule has 3 aromatic rings. The van der Waals surface area contributed by atoms with Crippen molar-refractivity contribution in [2.45, 2.75) is 13.8 Å². The van der Waals surface area contributed by atoms with Crippen LogP contribution in [0.4, 0.5) is 4.39 Å². The molecule has 1 heterocycles. The number of nitrogens with zero attached hydrogens (tertiary/aromatic N) is 2. The Morgan fingerprint density at radius 3 is 2.58 bits per heavy atom. The second kappa shape index (κ2) is 7.37. The Morgan fingerprint density at radius 2 is 1.88 bits per heavy atom. The lowest BCUT2D eigenvalue weighted by Gasteiger charge is -2.12. The van der Waals surface area contributed by atoms with Crippen molar-refractivity contribution in [2.24, 2.45) is 0 Å². The van der Waals surface area contributed by atoms with E-state index in [-0.39, 0.29) is 5.82 Å². The van der Waals surface area contributed by atoms with E-state index in [1.165, 1.54) is 12.1 Å². The Balaban J connectivity index is 2.13. The highest BCUT2D eigenvalue weighted by Crippen LogP contribution is 2.30. The summed E-state index contributed by atoms with van der Waals surface area (Å²) in [5.41, 5.74) is 4.43. The van der Waals surface area contributed by atoms with E-state index in [0.29, 0.717) is 21.2 Å². The summed E-state index contributed by atoms with van der Waals surface area (Å²) in [7, 11) is 0. The van der Waals surface area contributed by atoms with Crippen LogP contribution in [-0.4, -0.2) is 4.57 Å². The van der Waals surface area contributed by atoms with Gasteiger partial charge in [0.1, 0.15) is 5.82 Å². The summed E-state index contributed by atoms with van der Waals surface area (Å²) in [6.45, 7) is 3.90. The minimum Gasteiger partial charge on any atom is -0.316 e. The van der Waals surface area contributed by atoms with E-state index < -0.39 is 0 Å². The lowest BCUT2D eigenvalue weighted by Crippen LogP contribution is -2.00. The van der Waals surface area contributed by atoms with Crippen LogP contribution in [0.25, 0.3) is 17.3 Å². The minimum atomic E-state index is -0.375. The Kier molecular flexibility index (Phi) is 5.18. The second-order valence-electron chi connectivity index (χ2n) is 5.94. The van der Waals surface area contributed by atoms with Crippen LogP contribution in [0.3, 0.4) is 0 Å². The van der Waals surface area contributed by atoms with Gasteiger partial charge in [-0.3, -0.25) is 0 Å². The van der Waals surface area contributed by atoms with Crippen molar-refractivity contribution in [3.8, 4) is 11.8 Å². The number of aromatic nitrogens is 1. The van der Waals surface area contributed by atoms with E-state index in [4.69, 9.17) is 23.2 Å². The summed E-state index contributed by atoms with van der Waals surface area (Å²) in [5, 5.41) is 10.7. The molecule has 0 N–H and O–H groups in total. The predicted octanol–water partition coefficient (Wildman–Crippen LogP) is 6.60. The fourth-order valence-corrected chi connectivity index (χ4v) is 3.32. The molecular weight excluding hydrogens is 370 g/mol. The fraction of sp³-hybridized carbons (Fsp3) is 0.0952. The molecule has 0 aliphatic carbocycles. The molecule has 0 atom stereocenters. The van der Waals surface area contributed by atoms with Crippen molar-refractivity contribution in [2.75, 3.05) is 0 Å². The molecule has 26 heavy (non-hydrogen) atoms. The van der Waals surface area contributed by atoms with E-state index in [9.17, 15) is 9.65 Å². The number of halogens is 3. The summed E-state index contributed by atoms with van der Waals surface area (Å²) in [6.07, 6.45) is 1.76. The Hall–Kier alpha value is -2.54. The van der Waals surface area contributed by atoms with Gasteiger partial charge in [0.2, 0.25) is 0 Å². The molecule has 2 nitrogen and oxygen atoms in total. The predicted molar refractivity (Wildman–Crippen MR) is 105 cm³/mol. The number of hydrogen-bond acceptors (Lipinski definition) is 1. The molecule has 0 unspecified atom stereocenters. The molecule has 130 valence electrons. The van der Waals surface area contributed by atoms with E-state index in [1.54, 1.807) is 36.4 Å². The highest BCUT2D eigenvalue weighted by atomic mass is 35.5. The highest BCUT2D eigenvalue weighted by Gasteiger charge is 2.13. The standard InChI is InChI=1S/C21H15Cl2FN2/c1-13-8-16(9-17(12-25)15-4-3-5-19(24)10-15)14(2)26(13)21-11-18(22)6-7-20(21)23/h3-11H,1-2H3/b17-9-. The first-order valence-corrected chi connectivity index (χ1v) is 8.68. The molecule has 0 bridgehead atoms. The van der Waals surface area contributed by atoms with Crippen LogP contribution in [0.2, 0.25) is 10.0 Å². The molecule has 0 saturated carbocycles. The molecular formula is C21H15Cl2FN2. The average Bonchev–Trinajstić information content (AvgIpc) is 2.88. The zero-order valence-electron chi connectivity index (χ0n) is 14.2. The molecule has 0 aliphatic rings. The van der Waals surface area contributed by atoms with Gasteiger partial charge in [0.05, 0.1) is 22.4 Å². The van der Waals surface area contributed by atoms with Crippen molar-refractivity contribution >= 4 is 34.9 Å². The van der Waals surface area contributed by atoms with Gasteiger partial charge in [-0.1, -0.05) is 35.3 Å². The van der Waals surface area contributed by atoms with Crippen molar-refractivity contribution in [1.29, 1.82) is 5.26 Å². The maximum Gasteiger partial charge on any atom is 0.123 e. The monoisotopic (exact) mass is 384 g/mol. The van der Waals surface area contributed by atoms with E-state index in [2.05, 4.69) is 6.07 Å². The van der Waals surface area contributed by atoms with E-state index >= 15 is 0 Å². The molecule has 3 rings (SSSR count). The van der Waals surface area contributed by atoms with Crippen LogP contribution < -0.4 is 0 Å². The quantitative estimate of drug-likeness (QED) is 0.467. The first-order chi connectivity index (χ1) is 12.4. The minimum absolute atomic E-state index is 0.375. The number of nitriles is 1. The lowest BCUT2D eigenvalue weighted by atomic mass is 10.0. The summed E-state index contributed by atoms with van der Waals surface area (Å²) in [4.78, 5) is 0. The van der Waals surface area contributed by atoms with E-state index in [0.717, 1.165) is 22.6 Å². The molecule has 0 radical (unpaired) electrons. The third-order valence-corrected chi connectivity index (χ3v) is 4.73. The van der Waals surface area contributed by atoms with Crippen molar-refractivity contribution in [1.82, 2.24) is 4.57 Å². The fourth-order valence-electron chi connectivity index (χ4n) is 2.95. The van der Waals surface area contributed by atoms with E-state index in [1.807, 2.05) is 24.5 Å². The van der Waals surface area contributed by atoms with Crippen LogP contribution in [0.5, 0.6) is 0 Å². The topological polar surface area (TPSA) is 28.7 Å². The third kappa shape index (κ3) is 3.53. The number of rotatable bonds is 3. The van der Waals surface area contributed by atoms with Gasteiger partial charge in [0.25, 0.3) is 0 Å². The summed E-state index contributed by atoms with van der Waals surface area (Å²) < 4.78 is 15.5. The van der Waals surface area contributed by atoms with Crippen molar-refractivity contribution in [3.63, 3.8) is 0 Å². The first kappa shape index (κ1) is 18.3. The highest BCUT2D eigenvalue weighted by molar-refractivity contribution is 6.34. The van der Waals surface area contributed by atoms with Crippen LogP contribution in [0.1, 0.15) is 22.5 Å². The largest absolute Gasteiger partial charge is 0.316 e. The van der Waals surface area contributed by atoms with Gasteiger partial charge in [0.15, 0.2) is 0 Å². The smallest absolute Gasteiger partial charge is 0.123 e. The van der Waals surface area contributed by atoms with Crippen LogP contribution in [-0.2, 0) is 0 Å². The number of benzene rings is 2. The van der Waals surface area contributed by atoms with Gasteiger partial charge in [0, 0.05) is 16.4 Å². The SMILES string of the molecule is Cc1cc(/C=C(/C#N)c2cccc(F)c2)c(C)n1-c1cc(Cl)ccc1Cl. The van der Waals surface area contributed by atoms with Gasteiger partial charge < -0.3 is 4.57 Å². The Bertz CT molecular complexity index is 1060. The molecule has 1 aromatic heterocycles. The average molecular weight is 385 g/mol. The molecule has 0 saturated heterocycles. The molecule has 0 fully saturated rings. The van der Waals surface area contributed by atoms with Crippen LogP contribution >= 0.6 is 23.2 Å². The van der Waals surface area contributed by atoms with Crippen molar-refractivity contribution < 1.29 is 4.39 Å². The van der Waals surface area contributed by atoms with Gasteiger partial charge >= 0.3 is 0 Å². The Morgan fingerprint density at radius 1 is 1.12 bits per heavy atom. The first-order valence-electron chi connectivity index (χ1n) is 7.93. The summed E-state index contributed by atoms with van der Waals surface area (Å²) in [5.74, 6) is -0.375. The molecule has 5 heteroatoms. The summed E-state index contributed by atoms with van der Waals surface area (Å²) in [6, 6.07) is 15.4.